The molecule has 0 bridgehead atoms. The third-order valence-electron chi connectivity index (χ3n) is 2.16. The number of hydrogen-bond acceptors (Lipinski definition) is 3. The van der Waals surface area contributed by atoms with Crippen molar-refractivity contribution in [1.82, 2.24) is 5.32 Å². The molecular formula is C7H13NO2S. The minimum atomic E-state index is -0.727. The van der Waals surface area contributed by atoms with E-state index in [9.17, 15) is 4.79 Å². The molecule has 0 aromatic carbocycles. The Morgan fingerprint density at radius 1 is 1.73 bits per heavy atom. The average molecular weight is 175 g/mol. The van der Waals surface area contributed by atoms with Crippen LogP contribution in [-0.2, 0) is 4.79 Å². The standard InChI is InChI=1S/C7H13NO2S/c1-4(2)7(3)5(9)8-6(10)11-7/h4,6,10H,1-3H3,(H,8,9). The summed E-state index contributed by atoms with van der Waals surface area (Å²) in [5.74, 6) is 0.176. The van der Waals surface area contributed by atoms with Crippen molar-refractivity contribution >= 4 is 17.7 Å². The van der Waals surface area contributed by atoms with Gasteiger partial charge in [-0.3, -0.25) is 4.79 Å². The first-order valence-corrected chi connectivity index (χ1v) is 4.51. The maximum Gasteiger partial charge on any atom is 0.239 e. The van der Waals surface area contributed by atoms with Gasteiger partial charge in [0, 0.05) is 0 Å². The van der Waals surface area contributed by atoms with Crippen molar-refractivity contribution < 1.29 is 9.90 Å². The van der Waals surface area contributed by atoms with Gasteiger partial charge < -0.3 is 10.4 Å². The average Bonchev–Trinajstić information content (AvgIpc) is 2.08. The largest absolute Gasteiger partial charge is 0.365 e. The van der Waals surface area contributed by atoms with Crippen molar-refractivity contribution in [1.29, 1.82) is 0 Å². The monoisotopic (exact) mass is 175 g/mol. The topological polar surface area (TPSA) is 49.3 Å². The minimum absolute atomic E-state index is 0.0648. The number of aliphatic hydroxyl groups is 1. The van der Waals surface area contributed by atoms with Crippen LogP contribution in [0.3, 0.4) is 0 Å². The highest BCUT2D eigenvalue weighted by Gasteiger charge is 2.45. The molecule has 0 aliphatic carbocycles. The summed E-state index contributed by atoms with van der Waals surface area (Å²) in [6.45, 7) is 5.81. The molecule has 1 amide bonds. The lowest BCUT2D eigenvalue weighted by atomic mass is 9.96. The van der Waals surface area contributed by atoms with Crippen LogP contribution in [0, 0.1) is 5.92 Å². The van der Waals surface area contributed by atoms with E-state index in [1.54, 1.807) is 0 Å². The molecule has 1 aliphatic heterocycles. The second-order valence-corrected chi connectivity index (χ2v) is 4.74. The van der Waals surface area contributed by atoms with Gasteiger partial charge in [0.15, 0.2) is 5.56 Å². The zero-order valence-electron chi connectivity index (χ0n) is 6.92. The van der Waals surface area contributed by atoms with Crippen molar-refractivity contribution in [2.45, 2.75) is 31.1 Å². The van der Waals surface area contributed by atoms with Crippen molar-refractivity contribution in [3.63, 3.8) is 0 Å². The zero-order chi connectivity index (χ0) is 8.65. The number of hydrogen-bond donors (Lipinski definition) is 2. The third-order valence-corrected chi connectivity index (χ3v) is 3.65. The first-order chi connectivity index (χ1) is 4.97. The Kier molecular flexibility index (Phi) is 2.16. The van der Waals surface area contributed by atoms with Gasteiger partial charge in [-0.25, -0.2) is 0 Å². The normalized spacial score (nSPS) is 37.9. The molecule has 2 N–H and O–H groups in total. The summed E-state index contributed by atoms with van der Waals surface area (Å²) < 4.78 is -0.459. The SMILES string of the molecule is CC(C)C1(C)SC(O)NC1=O. The molecule has 0 aromatic heterocycles. The van der Waals surface area contributed by atoms with Crippen molar-refractivity contribution in [2.75, 3.05) is 0 Å². The summed E-state index contributed by atoms with van der Waals surface area (Å²) in [6.07, 6.45) is 0. The van der Waals surface area contributed by atoms with Gasteiger partial charge in [-0.2, -0.15) is 0 Å². The van der Waals surface area contributed by atoms with Crippen molar-refractivity contribution in [3.05, 3.63) is 0 Å². The van der Waals surface area contributed by atoms with Crippen LogP contribution in [0.5, 0.6) is 0 Å². The number of thioether (sulfide) groups is 1. The molecule has 0 radical (unpaired) electrons. The summed E-state index contributed by atoms with van der Waals surface area (Å²) in [5.41, 5.74) is -0.727. The van der Waals surface area contributed by atoms with Gasteiger partial charge in [-0.1, -0.05) is 25.6 Å². The minimum Gasteiger partial charge on any atom is -0.365 e. The Balaban J connectivity index is 2.79. The van der Waals surface area contributed by atoms with Crippen LogP contribution in [0.15, 0.2) is 0 Å². The molecule has 0 spiro atoms. The lowest BCUT2D eigenvalue weighted by molar-refractivity contribution is -0.124. The van der Waals surface area contributed by atoms with E-state index in [4.69, 9.17) is 5.11 Å². The quantitative estimate of drug-likeness (QED) is 0.611. The van der Waals surface area contributed by atoms with E-state index < -0.39 is 10.3 Å². The third kappa shape index (κ3) is 1.37. The van der Waals surface area contributed by atoms with Gasteiger partial charge in [0.05, 0.1) is 4.75 Å². The van der Waals surface area contributed by atoms with E-state index in [1.807, 2.05) is 20.8 Å². The summed E-state index contributed by atoms with van der Waals surface area (Å²) in [7, 11) is 0. The number of rotatable bonds is 1. The van der Waals surface area contributed by atoms with Crippen LogP contribution in [-0.4, -0.2) is 21.3 Å². The molecule has 1 fully saturated rings. The van der Waals surface area contributed by atoms with E-state index in [0.29, 0.717) is 0 Å². The molecule has 1 aliphatic rings. The maximum absolute atomic E-state index is 11.3. The number of carbonyl (C=O) groups excluding carboxylic acids is 1. The number of aliphatic hydroxyl groups excluding tert-OH is 1. The fourth-order valence-electron chi connectivity index (χ4n) is 0.969. The van der Waals surface area contributed by atoms with Gasteiger partial charge in [0.1, 0.15) is 0 Å². The van der Waals surface area contributed by atoms with Crippen LogP contribution in [0.1, 0.15) is 20.8 Å². The summed E-state index contributed by atoms with van der Waals surface area (Å²) in [4.78, 5) is 11.3. The highest BCUT2D eigenvalue weighted by molar-refractivity contribution is 8.02. The van der Waals surface area contributed by atoms with E-state index in [2.05, 4.69) is 5.32 Å². The molecular weight excluding hydrogens is 162 g/mol. The number of nitrogens with one attached hydrogen (secondary N) is 1. The van der Waals surface area contributed by atoms with E-state index in [-0.39, 0.29) is 11.8 Å². The molecule has 11 heavy (non-hydrogen) atoms. The second-order valence-electron chi connectivity index (χ2n) is 3.21. The lowest BCUT2D eigenvalue weighted by Gasteiger charge is -2.23. The van der Waals surface area contributed by atoms with Gasteiger partial charge in [-0.05, 0) is 12.8 Å². The highest BCUT2D eigenvalue weighted by atomic mass is 32.2. The predicted molar refractivity (Wildman–Crippen MR) is 45.0 cm³/mol. The smallest absolute Gasteiger partial charge is 0.239 e. The van der Waals surface area contributed by atoms with Crippen LogP contribution in [0.25, 0.3) is 0 Å². The fourth-order valence-corrected chi connectivity index (χ4v) is 2.04. The molecule has 1 heterocycles. The van der Waals surface area contributed by atoms with Gasteiger partial charge in [0.25, 0.3) is 0 Å². The molecule has 2 atom stereocenters. The van der Waals surface area contributed by atoms with Crippen LogP contribution >= 0.6 is 11.8 Å². The maximum atomic E-state index is 11.3. The zero-order valence-corrected chi connectivity index (χ0v) is 7.73. The molecule has 2 unspecified atom stereocenters. The first-order valence-electron chi connectivity index (χ1n) is 3.63. The van der Waals surface area contributed by atoms with Gasteiger partial charge in [0.2, 0.25) is 5.91 Å². The summed E-state index contributed by atoms with van der Waals surface area (Å²) in [5, 5.41) is 11.6. The Hall–Kier alpha value is -0.220. The molecule has 0 aromatic rings. The fraction of sp³-hybridized carbons (Fsp3) is 0.857. The highest BCUT2D eigenvalue weighted by Crippen LogP contribution is 2.39. The number of carbonyl (C=O) groups is 1. The lowest BCUT2D eigenvalue weighted by Crippen LogP contribution is -2.38. The van der Waals surface area contributed by atoms with E-state index in [1.165, 1.54) is 11.8 Å². The Bertz CT molecular complexity index is 183. The van der Waals surface area contributed by atoms with Crippen LogP contribution in [0.2, 0.25) is 0 Å². The second kappa shape index (κ2) is 2.68. The molecule has 1 saturated heterocycles. The van der Waals surface area contributed by atoms with Crippen LogP contribution in [0.4, 0.5) is 0 Å². The molecule has 3 nitrogen and oxygen atoms in total. The molecule has 0 saturated carbocycles. The number of amides is 1. The van der Waals surface area contributed by atoms with Crippen molar-refractivity contribution in [3.8, 4) is 0 Å². The van der Waals surface area contributed by atoms with Crippen LogP contribution < -0.4 is 5.32 Å². The molecule has 1 rings (SSSR count). The van der Waals surface area contributed by atoms with Gasteiger partial charge in [-0.15, -0.1) is 0 Å². The van der Waals surface area contributed by atoms with Crippen molar-refractivity contribution in [2.24, 2.45) is 5.92 Å². The van der Waals surface area contributed by atoms with E-state index in [0.717, 1.165) is 0 Å². The first kappa shape index (κ1) is 8.87. The summed E-state index contributed by atoms with van der Waals surface area (Å²) in [6, 6.07) is 0. The predicted octanol–water partition coefficient (Wildman–Crippen LogP) is 0.540. The van der Waals surface area contributed by atoms with Gasteiger partial charge >= 0.3 is 0 Å². The molecule has 64 valence electrons. The Labute approximate surface area is 70.6 Å². The molecule has 4 heteroatoms. The Morgan fingerprint density at radius 3 is 2.45 bits per heavy atom. The van der Waals surface area contributed by atoms with E-state index >= 15 is 0 Å². The Morgan fingerprint density at radius 2 is 2.27 bits per heavy atom. The summed E-state index contributed by atoms with van der Waals surface area (Å²) >= 11 is 1.28.